The van der Waals surface area contributed by atoms with Crippen LogP contribution in [0.1, 0.15) is 31.9 Å². The van der Waals surface area contributed by atoms with Crippen LogP contribution < -0.4 is 14.4 Å². The van der Waals surface area contributed by atoms with Crippen LogP contribution in [0.15, 0.2) is 102 Å². The number of carbonyl (C=O) groups excluding carboxylic acids is 2. The molecule has 1 N–H and O–H groups in total. The Bertz CT molecular complexity index is 1820. The molecule has 12 heteroatoms. The van der Waals surface area contributed by atoms with E-state index in [1.54, 1.807) is 36.4 Å². The normalized spacial score (nSPS) is 12.2. The van der Waals surface area contributed by atoms with Gasteiger partial charge < -0.3 is 15.0 Å². The number of nitrogens with one attached hydrogen (secondary N) is 1. The van der Waals surface area contributed by atoms with E-state index in [4.69, 9.17) is 39.5 Å². The fraction of sp³-hybridized carbons (Fsp3) is 0.257. The Morgan fingerprint density at radius 2 is 1.45 bits per heavy atom. The lowest BCUT2D eigenvalue weighted by Gasteiger charge is -2.35. The predicted octanol–water partition coefficient (Wildman–Crippen LogP) is 7.41. The first-order valence-corrected chi connectivity index (χ1v) is 17.3. The van der Waals surface area contributed by atoms with Gasteiger partial charge in [-0.15, -0.1) is 0 Å². The van der Waals surface area contributed by atoms with E-state index in [0.29, 0.717) is 16.3 Å². The van der Waals surface area contributed by atoms with Crippen molar-refractivity contribution >= 4 is 62.3 Å². The van der Waals surface area contributed by atoms with E-state index in [0.717, 1.165) is 9.87 Å². The van der Waals surface area contributed by atoms with Crippen molar-refractivity contribution in [1.29, 1.82) is 0 Å². The van der Waals surface area contributed by atoms with Gasteiger partial charge in [0.25, 0.3) is 10.0 Å². The second-order valence-corrected chi connectivity index (χ2v) is 14.9. The van der Waals surface area contributed by atoms with Crippen molar-refractivity contribution < 1.29 is 22.7 Å². The van der Waals surface area contributed by atoms with E-state index >= 15 is 0 Å². The number of halogens is 3. The largest absolute Gasteiger partial charge is 0.495 e. The van der Waals surface area contributed by atoms with E-state index in [1.807, 2.05) is 51.1 Å². The van der Waals surface area contributed by atoms with Crippen molar-refractivity contribution in [3.8, 4) is 5.75 Å². The quantitative estimate of drug-likeness (QED) is 0.165. The first kappa shape index (κ1) is 36.1. The van der Waals surface area contributed by atoms with Gasteiger partial charge in [0.05, 0.1) is 32.8 Å². The van der Waals surface area contributed by atoms with Gasteiger partial charge in [-0.1, -0.05) is 89.4 Å². The first-order valence-electron chi connectivity index (χ1n) is 14.7. The number of sulfonamides is 1. The molecule has 0 saturated heterocycles. The summed E-state index contributed by atoms with van der Waals surface area (Å²) in [6.07, 6.45) is 0.162. The minimum Gasteiger partial charge on any atom is -0.495 e. The second kappa shape index (κ2) is 15.4. The molecule has 4 aromatic carbocycles. The van der Waals surface area contributed by atoms with E-state index in [2.05, 4.69) is 5.32 Å². The predicted molar refractivity (Wildman–Crippen MR) is 188 cm³/mol. The molecule has 0 aliphatic carbocycles. The van der Waals surface area contributed by atoms with Crippen LogP contribution in [0.25, 0.3) is 0 Å². The Labute approximate surface area is 291 Å². The lowest BCUT2D eigenvalue weighted by molar-refractivity contribution is -0.140. The molecule has 0 aliphatic rings. The highest BCUT2D eigenvalue weighted by atomic mass is 35.5. The maximum absolute atomic E-state index is 14.6. The molecule has 0 heterocycles. The number of rotatable bonds is 12. The van der Waals surface area contributed by atoms with Gasteiger partial charge in [0.1, 0.15) is 18.3 Å². The van der Waals surface area contributed by atoms with Crippen LogP contribution in [-0.4, -0.2) is 50.4 Å². The van der Waals surface area contributed by atoms with Crippen molar-refractivity contribution in [2.24, 2.45) is 0 Å². The van der Waals surface area contributed by atoms with Gasteiger partial charge in [0.2, 0.25) is 11.8 Å². The highest BCUT2D eigenvalue weighted by molar-refractivity contribution is 7.92. The molecular formula is C35H36Cl3N3O5S. The topological polar surface area (TPSA) is 96.0 Å². The minimum absolute atomic E-state index is 0.0258. The molecule has 248 valence electrons. The van der Waals surface area contributed by atoms with E-state index < -0.39 is 40.0 Å². The highest BCUT2D eigenvalue weighted by Gasteiger charge is 2.36. The molecular weight excluding hydrogens is 681 g/mol. The maximum Gasteiger partial charge on any atom is 0.264 e. The van der Waals surface area contributed by atoms with Crippen molar-refractivity contribution in [2.75, 3.05) is 18.0 Å². The van der Waals surface area contributed by atoms with Gasteiger partial charge in [-0.05, 0) is 74.4 Å². The van der Waals surface area contributed by atoms with Crippen molar-refractivity contribution in [3.63, 3.8) is 0 Å². The molecule has 0 radical (unpaired) electrons. The number of carbonyl (C=O) groups is 2. The average molecular weight is 717 g/mol. The molecule has 0 spiro atoms. The van der Waals surface area contributed by atoms with Gasteiger partial charge in [-0.2, -0.15) is 0 Å². The molecule has 1 atom stereocenters. The molecule has 8 nitrogen and oxygen atoms in total. The number of ether oxygens (including phenoxy) is 1. The van der Waals surface area contributed by atoms with Crippen molar-refractivity contribution in [1.82, 2.24) is 10.2 Å². The fourth-order valence-corrected chi connectivity index (χ4v) is 6.90. The summed E-state index contributed by atoms with van der Waals surface area (Å²) in [7, 11) is -2.85. The summed E-state index contributed by atoms with van der Waals surface area (Å²) >= 11 is 19.0. The lowest BCUT2D eigenvalue weighted by atomic mass is 10.0. The Balaban J connectivity index is 1.85. The molecule has 0 unspecified atom stereocenters. The van der Waals surface area contributed by atoms with Crippen LogP contribution in [0.2, 0.25) is 15.1 Å². The summed E-state index contributed by atoms with van der Waals surface area (Å²) in [5.74, 6) is -0.700. The van der Waals surface area contributed by atoms with E-state index in [1.165, 1.54) is 42.3 Å². The standard InChI is InChI=1S/C35H36Cl3N3O5S/c1-35(2,3)39-34(43)31(20-24-11-7-5-8-12-24)40(22-25-15-17-28(36)29(37)19-25)33(42)23-41(26-16-18-32(46-4)30(38)21-26)47(44,45)27-13-9-6-10-14-27/h5-19,21,31H,20,22-23H2,1-4H3,(H,39,43)/t31-/m1/s1. The lowest BCUT2D eigenvalue weighted by Crippen LogP contribution is -2.56. The third kappa shape index (κ3) is 9.41. The van der Waals surface area contributed by atoms with Gasteiger partial charge >= 0.3 is 0 Å². The summed E-state index contributed by atoms with van der Waals surface area (Å²) in [5, 5.41) is 3.76. The van der Waals surface area contributed by atoms with Gasteiger partial charge in [0, 0.05) is 18.5 Å². The minimum atomic E-state index is -4.29. The molecule has 0 saturated carbocycles. The molecule has 0 aromatic heterocycles. The third-order valence-corrected chi connectivity index (χ3v) is 9.96. The fourth-order valence-electron chi connectivity index (χ4n) is 4.90. The molecule has 4 aromatic rings. The molecule has 0 fully saturated rings. The number of hydrogen-bond donors (Lipinski definition) is 1. The Morgan fingerprint density at radius 3 is 2.02 bits per heavy atom. The Hall–Kier alpha value is -3.76. The van der Waals surface area contributed by atoms with Crippen LogP contribution >= 0.6 is 34.8 Å². The number of hydrogen-bond acceptors (Lipinski definition) is 5. The van der Waals surface area contributed by atoms with Gasteiger partial charge in [-0.25, -0.2) is 8.42 Å². The summed E-state index contributed by atoms with van der Waals surface area (Å²) in [6.45, 7) is 4.83. The van der Waals surface area contributed by atoms with Gasteiger partial charge in [0.15, 0.2) is 0 Å². The number of methoxy groups -OCH3 is 1. The van der Waals surface area contributed by atoms with E-state index in [-0.39, 0.29) is 33.6 Å². The number of nitrogens with zero attached hydrogens (tertiary/aromatic N) is 2. The molecule has 0 aliphatic heterocycles. The van der Waals surface area contributed by atoms with Crippen LogP contribution in [0.5, 0.6) is 5.75 Å². The average Bonchev–Trinajstić information content (AvgIpc) is 3.03. The SMILES string of the molecule is COc1ccc(N(CC(=O)N(Cc2ccc(Cl)c(Cl)c2)[C@H](Cc2ccccc2)C(=O)NC(C)(C)C)S(=O)(=O)c2ccccc2)cc1Cl. The molecule has 47 heavy (non-hydrogen) atoms. The smallest absolute Gasteiger partial charge is 0.264 e. The maximum atomic E-state index is 14.6. The van der Waals surface area contributed by atoms with Crippen LogP contribution in [0.3, 0.4) is 0 Å². The summed E-state index contributed by atoms with van der Waals surface area (Å²) < 4.78 is 34.6. The molecule has 2 amide bonds. The Kier molecular flexibility index (Phi) is 11.8. The molecule has 0 bridgehead atoms. The summed E-state index contributed by atoms with van der Waals surface area (Å²) in [5.41, 5.74) is 0.928. The second-order valence-electron chi connectivity index (χ2n) is 11.9. The third-order valence-electron chi connectivity index (χ3n) is 7.14. The number of benzene rings is 4. The van der Waals surface area contributed by atoms with Crippen molar-refractivity contribution in [3.05, 3.63) is 123 Å². The van der Waals surface area contributed by atoms with Crippen LogP contribution in [0, 0.1) is 0 Å². The summed E-state index contributed by atoms with van der Waals surface area (Å²) in [4.78, 5) is 29.9. The highest BCUT2D eigenvalue weighted by Crippen LogP contribution is 2.32. The number of anilines is 1. The number of amides is 2. The van der Waals surface area contributed by atoms with Crippen LogP contribution in [-0.2, 0) is 32.6 Å². The summed E-state index contributed by atoms with van der Waals surface area (Å²) in [6, 6.07) is 25.4. The first-order chi connectivity index (χ1) is 22.2. The zero-order chi connectivity index (χ0) is 34.4. The van der Waals surface area contributed by atoms with Crippen molar-refractivity contribution in [2.45, 2.75) is 50.2 Å². The van der Waals surface area contributed by atoms with Gasteiger partial charge in [-0.3, -0.25) is 13.9 Å². The van der Waals surface area contributed by atoms with E-state index in [9.17, 15) is 18.0 Å². The van der Waals surface area contributed by atoms with Crippen LogP contribution in [0.4, 0.5) is 5.69 Å². The zero-order valence-corrected chi connectivity index (χ0v) is 29.5. The Morgan fingerprint density at radius 1 is 0.809 bits per heavy atom. The monoisotopic (exact) mass is 715 g/mol. The zero-order valence-electron chi connectivity index (χ0n) is 26.4. The molecule has 4 rings (SSSR count).